The number of rotatable bonds is 6. The third-order valence-corrected chi connectivity index (χ3v) is 5.24. The molecule has 0 unspecified atom stereocenters. The predicted octanol–water partition coefficient (Wildman–Crippen LogP) is 4.29. The number of ether oxygens (including phenoxy) is 1. The molecule has 3 N–H and O–H groups in total. The van der Waals surface area contributed by atoms with Crippen LogP contribution in [0.15, 0.2) is 67.0 Å². The van der Waals surface area contributed by atoms with Crippen molar-refractivity contribution >= 4 is 39.7 Å². The van der Waals surface area contributed by atoms with Gasteiger partial charge in [-0.3, -0.25) is 4.79 Å². The Bertz CT molecular complexity index is 1100. The molecule has 8 heteroatoms. The molecule has 2 heterocycles. The molecule has 0 fully saturated rings. The highest BCUT2D eigenvalue weighted by molar-refractivity contribution is 7.19. The van der Waals surface area contributed by atoms with Crippen molar-refractivity contribution in [1.82, 2.24) is 15.3 Å². The zero-order valence-corrected chi connectivity index (χ0v) is 17.0. The molecule has 0 aliphatic rings. The number of hydrogen-bond donors (Lipinski definition) is 2. The Hall–Kier alpha value is -3.00. The second-order valence-corrected chi connectivity index (χ2v) is 7.28. The number of nitrogens with one attached hydrogen (secondary N) is 1. The molecule has 2 aromatic carbocycles. The lowest BCUT2D eigenvalue weighted by atomic mass is 10.2. The van der Waals surface area contributed by atoms with Gasteiger partial charge in [-0.1, -0.05) is 24.3 Å². The Morgan fingerprint density at radius 1 is 1.07 bits per heavy atom. The number of amides is 1. The van der Waals surface area contributed by atoms with Crippen molar-refractivity contribution in [3.63, 3.8) is 0 Å². The fourth-order valence-corrected chi connectivity index (χ4v) is 3.76. The molecular weight excluding hydrogens is 408 g/mol. The average molecular weight is 427 g/mol. The van der Waals surface area contributed by atoms with Gasteiger partial charge in [0, 0.05) is 27.8 Å². The topological polar surface area (TPSA) is 90.1 Å². The molecule has 0 saturated heterocycles. The van der Waals surface area contributed by atoms with Crippen molar-refractivity contribution in [2.75, 3.05) is 0 Å². The minimum Gasteiger partial charge on any atom is -0.439 e. The maximum Gasteiger partial charge on any atom is 0.251 e. The zero-order chi connectivity index (χ0) is 19.3. The van der Waals surface area contributed by atoms with E-state index in [-0.39, 0.29) is 18.3 Å². The summed E-state index contributed by atoms with van der Waals surface area (Å²) in [5.74, 6) is 0.753. The molecule has 0 aliphatic heterocycles. The molecule has 6 nitrogen and oxygen atoms in total. The van der Waals surface area contributed by atoms with Crippen LogP contribution in [0.2, 0.25) is 0 Å². The van der Waals surface area contributed by atoms with Crippen LogP contribution in [0.3, 0.4) is 0 Å². The van der Waals surface area contributed by atoms with E-state index in [0.717, 1.165) is 4.88 Å². The summed E-state index contributed by atoms with van der Waals surface area (Å²) in [7, 11) is 0. The van der Waals surface area contributed by atoms with Crippen LogP contribution in [0.5, 0.6) is 11.6 Å². The maximum atomic E-state index is 12.5. The lowest BCUT2D eigenvalue weighted by Crippen LogP contribution is -2.22. The van der Waals surface area contributed by atoms with Crippen LogP contribution >= 0.6 is 23.7 Å². The van der Waals surface area contributed by atoms with Gasteiger partial charge in [0.25, 0.3) is 5.91 Å². The lowest BCUT2D eigenvalue weighted by molar-refractivity contribution is 0.0951. The normalized spacial score (nSPS) is 10.4. The van der Waals surface area contributed by atoms with E-state index in [1.807, 2.05) is 12.1 Å². The third kappa shape index (κ3) is 5.08. The summed E-state index contributed by atoms with van der Waals surface area (Å²) in [6.45, 7) is 0.786. The van der Waals surface area contributed by atoms with E-state index >= 15 is 0 Å². The number of halogens is 1. The number of thiophene rings is 1. The molecule has 148 valence electrons. The minimum atomic E-state index is -0.159. The monoisotopic (exact) mass is 426 g/mol. The van der Waals surface area contributed by atoms with Gasteiger partial charge in [-0.05, 0) is 35.7 Å². The molecular formula is C21H19ClN4O2S. The van der Waals surface area contributed by atoms with Crippen molar-refractivity contribution < 1.29 is 9.53 Å². The Labute approximate surface area is 178 Å². The molecule has 0 radical (unpaired) electrons. The molecule has 4 rings (SSSR count). The molecule has 0 bridgehead atoms. The largest absolute Gasteiger partial charge is 0.439 e. The Balaban J connectivity index is 0.00000240. The van der Waals surface area contributed by atoms with Gasteiger partial charge in [0.15, 0.2) is 0 Å². The summed E-state index contributed by atoms with van der Waals surface area (Å²) in [5, 5.41) is 4.15. The maximum absolute atomic E-state index is 12.5. The van der Waals surface area contributed by atoms with Crippen molar-refractivity contribution in [2.45, 2.75) is 13.1 Å². The second kappa shape index (κ2) is 9.47. The first-order valence-corrected chi connectivity index (χ1v) is 9.57. The fraction of sp³-hybridized carbons (Fsp3) is 0.0952. The Morgan fingerprint density at radius 2 is 1.93 bits per heavy atom. The van der Waals surface area contributed by atoms with Gasteiger partial charge in [-0.2, -0.15) is 0 Å². The predicted molar refractivity (Wildman–Crippen MR) is 117 cm³/mol. The van der Waals surface area contributed by atoms with Crippen molar-refractivity contribution in [3.05, 3.63) is 83.1 Å². The Kier molecular flexibility index (Phi) is 6.77. The van der Waals surface area contributed by atoms with E-state index in [4.69, 9.17) is 10.5 Å². The van der Waals surface area contributed by atoms with Gasteiger partial charge in [0.2, 0.25) is 5.88 Å². The number of carbonyl (C=O) groups is 1. The number of fused-ring (bicyclic) bond motifs is 1. The van der Waals surface area contributed by atoms with Crippen LogP contribution in [0.25, 0.3) is 10.1 Å². The van der Waals surface area contributed by atoms with E-state index in [1.165, 1.54) is 16.4 Å². The molecule has 4 aromatic rings. The minimum absolute atomic E-state index is 0. The van der Waals surface area contributed by atoms with E-state index in [1.54, 1.807) is 41.7 Å². The summed E-state index contributed by atoms with van der Waals surface area (Å²) >= 11 is 1.68. The fourth-order valence-electron chi connectivity index (χ4n) is 2.76. The Morgan fingerprint density at radius 3 is 2.76 bits per heavy atom. The first-order chi connectivity index (χ1) is 13.7. The summed E-state index contributed by atoms with van der Waals surface area (Å²) in [6.07, 6.45) is 1.40. The van der Waals surface area contributed by atoms with Crippen molar-refractivity contribution in [1.29, 1.82) is 0 Å². The number of nitrogens with zero attached hydrogens (tertiary/aromatic N) is 2. The molecule has 0 aliphatic carbocycles. The smallest absolute Gasteiger partial charge is 0.251 e. The summed E-state index contributed by atoms with van der Waals surface area (Å²) in [6, 6.07) is 18.9. The highest BCUT2D eigenvalue weighted by Crippen LogP contribution is 2.25. The number of benzene rings is 2. The summed E-state index contributed by atoms with van der Waals surface area (Å²) < 4.78 is 6.94. The van der Waals surface area contributed by atoms with Gasteiger partial charge >= 0.3 is 0 Å². The van der Waals surface area contributed by atoms with E-state index < -0.39 is 0 Å². The van der Waals surface area contributed by atoms with Crippen molar-refractivity contribution in [2.24, 2.45) is 5.73 Å². The second-order valence-electron chi connectivity index (χ2n) is 6.11. The number of aromatic nitrogens is 2. The highest BCUT2D eigenvalue weighted by Gasteiger charge is 2.09. The van der Waals surface area contributed by atoms with Crippen LogP contribution < -0.4 is 15.8 Å². The number of nitrogens with two attached hydrogens (primary N) is 1. The standard InChI is InChI=1S/C21H18N4O2S.ClH/c22-11-16-10-20(25-13-24-16)27-17-6-3-5-15(8-17)21(26)23-12-18-9-14-4-1-2-7-19(14)28-18;/h1-10,13H,11-12,22H2,(H,23,26);1H. The van der Waals surface area contributed by atoms with Crippen LogP contribution in [-0.2, 0) is 13.1 Å². The molecule has 0 saturated carbocycles. The first kappa shape index (κ1) is 20.7. The van der Waals surface area contributed by atoms with Gasteiger partial charge in [-0.25, -0.2) is 9.97 Å². The first-order valence-electron chi connectivity index (χ1n) is 8.76. The van der Waals surface area contributed by atoms with Crippen LogP contribution in [0, 0.1) is 0 Å². The van der Waals surface area contributed by atoms with Crippen LogP contribution in [0.4, 0.5) is 0 Å². The molecule has 2 aromatic heterocycles. The quantitative estimate of drug-likeness (QED) is 0.480. The third-order valence-electron chi connectivity index (χ3n) is 4.13. The SMILES string of the molecule is Cl.NCc1cc(Oc2cccc(C(=O)NCc3cc4ccccc4s3)c2)ncn1. The van der Waals surface area contributed by atoms with Gasteiger partial charge in [0.1, 0.15) is 12.1 Å². The van der Waals surface area contributed by atoms with E-state index in [9.17, 15) is 4.79 Å². The van der Waals surface area contributed by atoms with E-state index in [0.29, 0.717) is 36.0 Å². The number of hydrogen-bond acceptors (Lipinski definition) is 6. The van der Waals surface area contributed by atoms with E-state index in [2.05, 4.69) is 33.5 Å². The molecule has 1 amide bonds. The van der Waals surface area contributed by atoms with Gasteiger partial charge in [-0.15, -0.1) is 23.7 Å². The summed E-state index contributed by atoms with van der Waals surface area (Å²) in [5.41, 5.74) is 6.79. The zero-order valence-electron chi connectivity index (χ0n) is 15.4. The van der Waals surface area contributed by atoms with Crippen LogP contribution in [0.1, 0.15) is 20.9 Å². The van der Waals surface area contributed by atoms with Crippen LogP contribution in [-0.4, -0.2) is 15.9 Å². The lowest BCUT2D eigenvalue weighted by Gasteiger charge is -2.08. The molecule has 29 heavy (non-hydrogen) atoms. The average Bonchev–Trinajstić information content (AvgIpc) is 3.15. The van der Waals surface area contributed by atoms with Crippen molar-refractivity contribution in [3.8, 4) is 11.6 Å². The molecule has 0 atom stereocenters. The highest BCUT2D eigenvalue weighted by atomic mass is 35.5. The molecule has 0 spiro atoms. The number of carbonyl (C=O) groups excluding carboxylic acids is 1. The summed E-state index contributed by atoms with van der Waals surface area (Å²) in [4.78, 5) is 21.7. The van der Waals surface area contributed by atoms with Gasteiger partial charge < -0.3 is 15.8 Å². The van der Waals surface area contributed by atoms with Gasteiger partial charge in [0.05, 0.1) is 12.2 Å².